The van der Waals surface area contributed by atoms with Crippen molar-refractivity contribution in [3.05, 3.63) is 78.1 Å². The number of fused-ring (bicyclic) bond motifs is 1. The normalized spacial score (nSPS) is 28.8. The van der Waals surface area contributed by atoms with Crippen molar-refractivity contribution in [2.24, 2.45) is 11.3 Å². The minimum atomic E-state index is -0.329. The van der Waals surface area contributed by atoms with E-state index in [9.17, 15) is 14.0 Å². The lowest BCUT2D eigenvalue weighted by Crippen LogP contribution is -2.77. The molecule has 0 radical (unpaired) electrons. The molecular formula is C25H26FN3O2. The van der Waals surface area contributed by atoms with Crippen LogP contribution in [0.2, 0.25) is 0 Å². The average molecular weight is 420 g/mol. The monoisotopic (exact) mass is 419 g/mol. The van der Waals surface area contributed by atoms with Crippen molar-refractivity contribution in [3.63, 3.8) is 0 Å². The lowest BCUT2D eigenvalue weighted by Gasteiger charge is -2.72. The van der Waals surface area contributed by atoms with Gasteiger partial charge in [-0.15, -0.1) is 0 Å². The lowest BCUT2D eigenvalue weighted by molar-refractivity contribution is -0.190. The predicted molar refractivity (Wildman–Crippen MR) is 117 cm³/mol. The molecule has 2 bridgehead atoms. The molecule has 31 heavy (non-hydrogen) atoms. The molecule has 5 aliphatic rings. The number of hydrogen-bond donors (Lipinski definition) is 2. The fraction of sp³-hybridized carbons (Fsp3) is 0.360. The van der Waals surface area contributed by atoms with Crippen molar-refractivity contribution in [2.75, 3.05) is 5.32 Å². The summed E-state index contributed by atoms with van der Waals surface area (Å²) < 4.78 is 13.1. The summed E-state index contributed by atoms with van der Waals surface area (Å²) in [5, 5.41) is 6.12. The van der Waals surface area contributed by atoms with E-state index in [1.807, 2.05) is 36.3 Å². The second kappa shape index (κ2) is 7.22. The molecule has 1 aromatic carbocycles. The first-order valence-corrected chi connectivity index (χ1v) is 10.8. The molecule has 2 amide bonds. The van der Waals surface area contributed by atoms with Crippen molar-refractivity contribution in [2.45, 2.75) is 44.6 Å². The van der Waals surface area contributed by atoms with Crippen molar-refractivity contribution in [1.82, 2.24) is 10.2 Å². The van der Waals surface area contributed by atoms with E-state index in [4.69, 9.17) is 0 Å². The molecule has 6 rings (SSSR count). The number of carbonyl (C=O) groups is 2. The van der Waals surface area contributed by atoms with Gasteiger partial charge in [-0.2, -0.15) is 0 Å². The van der Waals surface area contributed by atoms with E-state index in [1.165, 1.54) is 12.1 Å². The molecule has 2 N–H and O–H groups in total. The van der Waals surface area contributed by atoms with Gasteiger partial charge < -0.3 is 15.5 Å². The number of nitrogens with one attached hydrogen (secondary N) is 2. The fourth-order valence-electron chi connectivity index (χ4n) is 5.39. The van der Waals surface area contributed by atoms with Crippen LogP contribution in [-0.4, -0.2) is 22.3 Å². The number of anilines is 1. The number of halogens is 1. The summed E-state index contributed by atoms with van der Waals surface area (Å²) in [6.07, 6.45) is 16.4. The van der Waals surface area contributed by atoms with Gasteiger partial charge in [0.05, 0.1) is 0 Å². The van der Waals surface area contributed by atoms with E-state index < -0.39 is 0 Å². The third-order valence-corrected chi connectivity index (χ3v) is 7.11. The summed E-state index contributed by atoms with van der Waals surface area (Å²) in [6.45, 7) is 1.94. The van der Waals surface area contributed by atoms with E-state index in [0.717, 1.165) is 37.8 Å². The summed E-state index contributed by atoms with van der Waals surface area (Å²) in [6, 6.07) is 5.80. The Labute approximate surface area is 181 Å². The number of rotatable bonds is 5. The number of carbonyl (C=O) groups excluding carboxylic acids is 2. The third kappa shape index (κ3) is 3.40. The maximum atomic E-state index is 13.1. The number of benzene rings is 1. The van der Waals surface area contributed by atoms with Crippen molar-refractivity contribution in [1.29, 1.82) is 0 Å². The molecule has 0 spiro atoms. The number of allylic oxidation sites excluding steroid dienone is 5. The van der Waals surface area contributed by atoms with Crippen molar-refractivity contribution < 1.29 is 14.0 Å². The molecule has 3 saturated carbocycles. The smallest absolute Gasteiger partial charge is 0.268 e. The first-order valence-electron chi connectivity index (χ1n) is 10.8. The highest BCUT2D eigenvalue weighted by molar-refractivity contribution is 5.96. The summed E-state index contributed by atoms with van der Waals surface area (Å²) >= 11 is 0. The zero-order chi connectivity index (χ0) is 21.6. The van der Waals surface area contributed by atoms with Gasteiger partial charge >= 0.3 is 0 Å². The highest BCUT2D eigenvalue weighted by atomic mass is 19.1. The van der Waals surface area contributed by atoms with E-state index in [2.05, 4.69) is 22.8 Å². The van der Waals surface area contributed by atoms with Crippen LogP contribution in [0.1, 0.15) is 39.0 Å². The molecule has 1 atom stereocenters. The van der Waals surface area contributed by atoms with E-state index >= 15 is 0 Å². The second-order valence-corrected chi connectivity index (χ2v) is 9.22. The summed E-state index contributed by atoms with van der Waals surface area (Å²) in [4.78, 5) is 27.7. The third-order valence-electron chi connectivity index (χ3n) is 7.11. The van der Waals surface area contributed by atoms with Gasteiger partial charge in [0.2, 0.25) is 5.91 Å². The molecule has 1 unspecified atom stereocenters. The summed E-state index contributed by atoms with van der Waals surface area (Å²) in [7, 11) is 0. The Morgan fingerprint density at radius 3 is 2.61 bits per heavy atom. The highest BCUT2D eigenvalue weighted by Crippen LogP contribution is 2.70. The Balaban J connectivity index is 1.19. The molecule has 0 saturated heterocycles. The van der Waals surface area contributed by atoms with Gasteiger partial charge in [-0.25, -0.2) is 4.39 Å². The van der Waals surface area contributed by atoms with Gasteiger partial charge in [-0.05, 0) is 73.9 Å². The first-order chi connectivity index (χ1) is 14.9. The largest absolute Gasteiger partial charge is 0.345 e. The first kappa shape index (κ1) is 19.8. The molecular weight excluding hydrogens is 393 g/mol. The van der Waals surface area contributed by atoms with Crippen LogP contribution in [0.5, 0.6) is 0 Å². The SMILES string of the molecule is CC(C(=O)Nc1ccc(F)cc1)C12CC(NC(=O)C3=CC=CC4=CCCC=CN43)(C1)C2. The van der Waals surface area contributed by atoms with Crippen molar-refractivity contribution >= 4 is 17.5 Å². The van der Waals surface area contributed by atoms with Crippen LogP contribution in [0, 0.1) is 17.2 Å². The second-order valence-electron chi connectivity index (χ2n) is 9.22. The zero-order valence-electron chi connectivity index (χ0n) is 17.5. The maximum Gasteiger partial charge on any atom is 0.268 e. The van der Waals surface area contributed by atoms with Crippen LogP contribution in [-0.2, 0) is 9.59 Å². The minimum Gasteiger partial charge on any atom is -0.345 e. The van der Waals surface area contributed by atoms with Crippen LogP contribution in [0.3, 0.4) is 0 Å². The van der Waals surface area contributed by atoms with Crippen LogP contribution < -0.4 is 10.6 Å². The lowest BCUT2D eigenvalue weighted by atomic mass is 9.36. The number of amides is 2. The Kier molecular flexibility index (Phi) is 4.61. The highest BCUT2D eigenvalue weighted by Gasteiger charge is 2.71. The Hall–Kier alpha value is -3.15. The Morgan fingerprint density at radius 2 is 1.87 bits per heavy atom. The summed E-state index contributed by atoms with van der Waals surface area (Å²) in [5.41, 5.74) is 1.99. The van der Waals surface area contributed by atoms with Gasteiger partial charge in [0, 0.05) is 29.0 Å². The van der Waals surface area contributed by atoms with Gasteiger partial charge in [0.25, 0.3) is 5.91 Å². The minimum absolute atomic E-state index is 0.0594. The van der Waals surface area contributed by atoms with E-state index in [0.29, 0.717) is 11.4 Å². The number of nitrogens with zero attached hydrogens (tertiary/aromatic N) is 1. The quantitative estimate of drug-likeness (QED) is 0.744. The zero-order valence-corrected chi connectivity index (χ0v) is 17.5. The molecule has 1 aromatic rings. The van der Waals surface area contributed by atoms with Gasteiger partial charge in [-0.1, -0.05) is 25.2 Å². The van der Waals surface area contributed by atoms with Crippen LogP contribution >= 0.6 is 0 Å². The molecule has 160 valence electrons. The van der Waals surface area contributed by atoms with Crippen molar-refractivity contribution in [3.8, 4) is 0 Å². The number of hydrogen-bond acceptors (Lipinski definition) is 3. The Morgan fingerprint density at radius 1 is 1.13 bits per heavy atom. The standard InChI is InChI=1S/C25H26FN3O2/c1-17(22(30)27-19-11-9-18(26)10-12-19)24-14-25(15-24,16-24)28-23(31)21-8-5-7-20-6-3-2-4-13-29(20)21/h4-13,17H,2-3,14-16H2,1H3,(H,27,30)(H,28,31). The maximum absolute atomic E-state index is 13.1. The summed E-state index contributed by atoms with van der Waals surface area (Å²) in [5.74, 6) is -0.629. The fourth-order valence-corrected chi connectivity index (χ4v) is 5.39. The van der Waals surface area contributed by atoms with Gasteiger partial charge in [-0.3, -0.25) is 9.59 Å². The van der Waals surface area contributed by atoms with Crippen LogP contribution in [0.25, 0.3) is 0 Å². The van der Waals surface area contributed by atoms with Crippen LogP contribution in [0.4, 0.5) is 10.1 Å². The van der Waals surface area contributed by atoms with Gasteiger partial charge in [0.15, 0.2) is 0 Å². The van der Waals surface area contributed by atoms with E-state index in [1.54, 1.807) is 12.1 Å². The molecule has 0 aromatic heterocycles. The molecule has 6 heteroatoms. The molecule has 2 heterocycles. The van der Waals surface area contributed by atoms with Gasteiger partial charge in [0.1, 0.15) is 11.5 Å². The predicted octanol–water partition coefficient (Wildman–Crippen LogP) is 4.39. The van der Waals surface area contributed by atoms with Crippen LogP contribution in [0.15, 0.2) is 72.2 Å². The Bertz CT molecular complexity index is 1030. The van der Waals surface area contributed by atoms with E-state index in [-0.39, 0.29) is 34.5 Å². The topological polar surface area (TPSA) is 61.4 Å². The molecule has 3 fully saturated rings. The molecule has 2 aliphatic heterocycles. The average Bonchev–Trinajstić information content (AvgIpc) is 2.96. The molecule has 3 aliphatic carbocycles. The molecule has 5 nitrogen and oxygen atoms in total.